The van der Waals surface area contributed by atoms with Crippen molar-refractivity contribution in [2.24, 2.45) is 11.8 Å². The molecule has 1 aromatic rings. The average Bonchev–Trinajstić information content (AvgIpc) is 2.83. The van der Waals surface area contributed by atoms with Gasteiger partial charge in [0.1, 0.15) is 0 Å². The molecule has 2 aliphatic rings. The van der Waals surface area contributed by atoms with Gasteiger partial charge in [-0.3, -0.25) is 4.79 Å². The number of nitrogens with one attached hydrogen (secondary N) is 1. The zero-order valence-electron chi connectivity index (χ0n) is 10.9. The topological polar surface area (TPSA) is 32.3 Å². The summed E-state index contributed by atoms with van der Waals surface area (Å²) in [6.45, 7) is 4.84. The van der Waals surface area contributed by atoms with Crippen LogP contribution in [0.1, 0.15) is 18.9 Å². The van der Waals surface area contributed by atoms with Crippen LogP contribution in [0.25, 0.3) is 0 Å². The molecule has 0 saturated carbocycles. The Bertz CT molecular complexity index is 458. The summed E-state index contributed by atoms with van der Waals surface area (Å²) in [5, 5.41) is 3.32. The van der Waals surface area contributed by atoms with E-state index in [1.165, 1.54) is 5.56 Å². The molecule has 2 unspecified atom stereocenters. The lowest BCUT2D eigenvalue weighted by Gasteiger charge is -2.32. The molecule has 2 aliphatic heterocycles. The predicted molar refractivity (Wildman–Crippen MR) is 72.6 cm³/mol. The van der Waals surface area contributed by atoms with Gasteiger partial charge in [-0.15, -0.1) is 0 Å². The lowest BCUT2D eigenvalue weighted by atomic mass is 9.94. The van der Waals surface area contributed by atoms with Crippen LogP contribution in [-0.2, 0) is 11.2 Å². The maximum Gasteiger partial charge on any atom is 0.231 e. The molecule has 0 bridgehead atoms. The number of fused-ring (bicyclic) bond motifs is 1. The molecule has 3 nitrogen and oxygen atoms in total. The first kappa shape index (κ1) is 11.7. The van der Waals surface area contributed by atoms with Crippen LogP contribution >= 0.6 is 0 Å². The zero-order valence-corrected chi connectivity index (χ0v) is 10.9. The molecule has 18 heavy (non-hydrogen) atoms. The van der Waals surface area contributed by atoms with Gasteiger partial charge in [-0.1, -0.05) is 25.1 Å². The van der Waals surface area contributed by atoms with Crippen molar-refractivity contribution < 1.29 is 4.79 Å². The van der Waals surface area contributed by atoms with Crippen LogP contribution in [-0.4, -0.2) is 25.5 Å². The fourth-order valence-corrected chi connectivity index (χ4v) is 3.10. The number of nitrogens with zero attached hydrogens (tertiary/aromatic N) is 1. The number of aryl methyl sites for hydroxylation is 1. The van der Waals surface area contributed by atoms with E-state index in [0.717, 1.165) is 38.2 Å². The Morgan fingerprint density at radius 1 is 1.33 bits per heavy atom. The van der Waals surface area contributed by atoms with Gasteiger partial charge in [0.15, 0.2) is 0 Å². The number of hydrogen-bond donors (Lipinski definition) is 1. The fraction of sp³-hybridized carbons (Fsp3) is 0.533. The highest BCUT2D eigenvalue weighted by molar-refractivity contribution is 5.96. The number of benzene rings is 1. The molecule has 3 rings (SSSR count). The zero-order chi connectivity index (χ0) is 12.5. The molecule has 1 aromatic carbocycles. The summed E-state index contributed by atoms with van der Waals surface area (Å²) in [4.78, 5) is 14.7. The van der Waals surface area contributed by atoms with E-state index < -0.39 is 0 Å². The Hall–Kier alpha value is -1.35. The van der Waals surface area contributed by atoms with Gasteiger partial charge in [-0.05, 0) is 36.9 Å². The van der Waals surface area contributed by atoms with Crippen molar-refractivity contribution in [2.45, 2.75) is 19.8 Å². The normalized spacial score (nSPS) is 27.1. The molecule has 1 fully saturated rings. The van der Waals surface area contributed by atoms with Crippen molar-refractivity contribution >= 4 is 11.6 Å². The van der Waals surface area contributed by atoms with Crippen molar-refractivity contribution in [3.63, 3.8) is 0 Å². The lowest BCUT2D eigenvalue weighted by molar-refractivity contribution is -0.122. The van der Waals surface area contributed by atoms with Gasteiger partial charge in [0.25, 0.3) is 0 Å². The Morgan fingerprint density at radius 3 is 2.94 bits per heavy atom. The Balaban J connectivity index is 1.87. The second kappa shape index (κ2) is 4.73. The molecule has 0 aliphatic carbocycles. The van der Waals surface area contributed by atoms with Crippen molar-refractivity contribution in [3.8, 4) is 0 Å². The first-order chi connectivity index (χ1) is 8.77. The minimum absolute atomic E-state index is 0.149. The fourth-order valence-electron chi connectivity index (χ4n) is 3.10. The number of carbonyl (C=O) groups excluding carboxylic acids is 1. The first-order valence-electron chi connectivity index (χ1n) is 6.87. The molecule has 1 amide bonds. The van der Waals surface area contributed by atoms with Crippen LogP contribution in [0.15, 0.2) is 24.3 Å². The van der Waals surface area contributed by atoms with Gasteiger partial charge in [0, 0.05) is 18.8 Å². The number of para-hydroxylation sites is 1. The third-order valence-corrected chi connectivity index (χ3v) is 4.21. The maximum absolute atomic E-state index is 12.7. The summed E-state index contributed by atoms with van der Waals surface area (Å²) in [6.07, 6.45) is 2.18. The number of rotatable bonds is 1. The molecule has 1 saturated heterocycles. The summed E-state index contributed by atoms with van der Waals surface area (Å²) in [5.41, 5.74) is 2.45. The van der Waals surface area contributed by atoms with E-state index in [1.807, 2.05) is 11.0 Å². The summed E-state index contributed by atoms with van der Waals surface area (Å²) in [7, 11) is 0. The van der Waals surface area contributed by atoms with E-state index >= 15 is 0 Å². The molecule has 0 spiro atoms. The van der Waals surface area contributed by atoms with E-state index in [9.17, 15) is 4.79 Å². The molecule has 2 heterocycles. The van der Waals surface area contributed by atoms with Crippen LogP contribution in [0.2, 0.25) is 0 Å². The van der Waals surface area contributed by atoms with Crippen molar-refractivity contribution in [1.82, 2.24) is 5.32 Å². The monoisotopic (exact) mass is 244 g/mol. The molecule has 0 radical (unpaired) electrons. The Kier molecular flexibility index (Phi) is 3.08. The van der Waals surface area contributed by atoms with Crippen LogP contribution in [0.5, 0.6) is 0 Å². The predicted octanol–water partition coefficient (Wildman–Crippen LogP) is 1.82. The van der Waals surface area contributed by atoms with Crippen LogP contribution in [0.3, 0.4) is 0 Å². The van der Waals surface area contributed by atoms with Crippen molar-refractivity contribution in [3.05, 3.63) is 29.8 Å². The molecule has 2 atom stereocenters. The smallest absolute Gasteiger partial charge is 0.231 e. The van der Waals surface area contributed by atoms with Gasteiger partial charge in [-0.25, -0.2) is 0 Å². The summed E-state index contributed by atoms with van der Waals surface area (Å²) in [6, 6.07) is 8.32. The van der Waals surface area contributed by atoms with E-state index in [-0.39, 0.29) is 5.92 Å². The highest BCUT2D eigenvalue weighted by Gasteiger charge is 2.34. The average molecular weight is 244 g/mol. The van der Waals surface area contributed by atoms with Gasteiger partial charge in [0.2, 0.25) is 5.91 Å². The summed E-state index contributed by atoms with van der Waals surface area (Å²) < 4.78 is 0. The van der Waals surface area contributed by atoms with E-state index in [2.05, 4.69) is 30.4 Å². The highest BCUT2D eigenvalue weighted by atomic mass is 16.2. The minimum Gasteiger partial charge on any atom is -0.316 e. The SMILES string of the molecule is CC1CNCC1C(=O)N1CCCc2ccccc21. The standard InChI is InChI=1S/C15H20N2O/c1-11-9-16-10-13(11)15(18)17-8-4-6-12-5-2-3-7-14(12)17/h2-3,5,7,11,13,16H,4,6,8-10H2,1H3. The first-order valence-corrected chi connectivity index (χ1v) is 6.87. The Labute approximate surface area is 108 Å². The summed E-state index contributed by atoms with van der Waals surface area (Å²) in [5.74, 6) is 0.905. The third kappa shape index (κ3) is 1.93. The van der Waals surface area contributed by atoms with E-state index in [0.29, 0.717) is 11.8 Å². The van der Waals surface area contributed by atoms with E-state index in [1.54, 1.807) is 0 Å². The van der Waals surface area contributed by atoms with E-state index in [4.69, 9.17) is 0 Å². The van der Waals surface area contributed by atoms with Crippen LogP contribution < -0.4 is 10.2 Å². The number of amides is 1. The Morgan fingerprint density at radius 2 is 2.17 bits per heavy atom. The van der Waals surface area contributed by atoms with Crippen LogP contribution in [0.4, 0.5) is 5.69 Å². The van der Waals surface area contributed by atoms with Crippen LogP contribution in [0, 0.1) is 11.8 Å². The van der Waals surface area contributed by atoms with Crippen molar-refractivity contribution in [1.29, 1.82) is 0 Å². The maximum atomic E-state index is 12.7. The molecular weight excluding hydrogens is 224 g/mol. The molecular formula is C15H20N2O. The third-order valence-electron chi connectivity index (χ3n) is 4.21. The highest BCUT2D eigenvalue weighted by Crippen LogP contribution is 2.30. The number of anilines is 1. The lowest BCUT2D eigenvalue weighted by Crippen LogP contribution is -2.41. The molecule has 96 valence electrons. The van der Waals surface area contributed by atoms with Gasteiger partial charge in [0.05, 0.1) is 5.92 Å². The van der Waals surface area contributed by atoms with Gasteiger partial charge in [-0.2, -0.15) is 0 Å². The quantitative estimate of drug-likeness (QED) is 0.817. The minimum atomic E-state index is 0.149. The largest absolute Gasteiger partial charge is 0.316 e. The van der Waals surface area contributed by atoms with Gasteiger partial charge >= 0.3 is 0 Å². The van der Waals surface area contributed by atoms with Crippen molar-refractivity contribution in [2.75, 3.05) is 24.5 Å². The molecule has 3 heteroatoms. The summed E-state index contributed by atoms with van der Waals surface area (Å²) >= 11 is 0. The number of hydrogen-bond acceptors (Lipinski definition) is 2. The second-order valence-corrected chi connectivity index (χ2v) is 5.46. The second-order valence-electron chi connectivity index (χ2n) is 5.46. The number of carbonyl (C=O) groups is 1. The molecule has 1 N–H and O–H groups in total. The molecule has 0 aromatic heterocycles. The van der Waals surface area contributed by atoms with Gasteiger partial charge < -0.3 is 10.2 Å².